The van der Waals surface area contributed by atoms with Gasteiger partial charge < -0.3 is 4.90 Å². The van der Waals surface area contributed by atoms with Crippen LogP contribution in [0.4, 0.5) is 5.95 Å². The highest BCUT2D eigenvalue weighted by molar-refractivity contribution is 6.35. The summed E-state index contributed by atoms with van der Waals surface area (Å²) in [5, 5.41) is 6.20. The van der Waals surface area contributed by atoms with Gasteiger partial charge in [0, 0.05) is 17.5 Å². The Labute approximate surface area is 188 Å². The van der Waals surface area contributed by atoms with Crippen LogP contribution in [-0.4, -0.2) is 21.3 Å². The van der Waals surface area contributed by atoms with Gasteiger partial charge in [0.1, 0.15) is 5.82 Å². The number of halogens is 2. The maximum atomic E-state index is 6.53. The first-order chi connectivity index (χ1) is 14.6. The number of hydrogen-bond acceptors (Lipinski definition) is 3. The van der Waals surface area contributed by atoms with Crippen LogP contribution in [0.1, 0.15) is 69.3 Å². The molecule has 1 fully saturated rings. The fourth-order valence-corrected chi connectivity index (χ4v) is 4.45. The maximum absolute atomic E-state index is 6.53. The van der Waals surface area contributed by atoms with E-state index < -0.39 is 0 Å². The van der Waals surface area contributed by atoms with Gasteiger partial charge in [-0.05, 0) is 49.4 Å². The third-order valence-electron chi connectivity index (χ3n) is 5.55. The minimum Gasteiger partial charge on any atom is -0.332 e. The van der Waals surface area contributed by atoms with Crippen molar-refractivity contribution in [2.45, 2.75) is 57.9 Å². The molecule has 4 rings (SSSR count). The summed E-state index contributed by atoms with van der Waals surface area (Å²) in [5.41, 5.74) is 2.14. The molecule has 0 aliphatic heterocycles. The van der Waals surface area contributed by atoms with Crippen LogP contribution in [0.3, 0.4) is 0 Å². The van der Waals surface area contributed by atoms with E-state index in [1.807, 2.05) is 16.8 Å². The molecule has 0 unspecified atom stereocenters. The summed E-state index contributed by atoms with van der Waals surface area (Å²) in [6.45, 7) is 5.34. The largest absolute Gasteiger partial charge is 0.332 e. The molecule has 0 amide bonds. The summed E-state index contributed by atoms with van der Waals surface area (Å²) in [5.74, 6) is 2.23. The second-order valence-corrected chi connectivity index (χ2v) is 8.80. The quantitative estimate of drug-likeness (QED) is 0.350. The van der Waals surface area contributed by atoms with E-state index >= 15 is 0 Å². The lowest BCUT2D eigenvalue weighted by Crippen LogP contribution is -2.30. The van der Waals surface area contributed by atoms with Gasteiger partial charge in [0.25, 0.3) is 0 Å². The van der Waals surface area contributed by atoms with Gasteiger partial charge in [0.15, 0.2) is 0 Å². The third kappa shape index (κ3) is 4.50. The van der Waals surface area contributed by atoms with E-state index in [1.54, 1.807) is 6.07 Å². The molecule has 1 saturated carbocycles. The van der Waals surface area contributed by atoms with Crippen LogP contribution >= 0.6 is 23.2 Å². The molecular weight excluding hydrogens is 415 g/mol. The molecule has 1 aliphatic carbocycles. The second kappa shape index (κ2) is 9.40. The smallest absolute Gasteiger partial charge is 0.245 e. The van der Waals surface area contributed by atoms with Gasteiger partial charge in [-0.25, -0.2) is 4.68 Å². The van der Waals surface area contributed by atoms with Crippen LogP contribution in [-0.2, 0) is 0 Å². The molecule has 1 aliphatic rings. The lowest BCUT2D eigenvalue weighted by molar-refractivity contribution is 0.551. The van der Waals surface area contributed by atoms with E-state index in [9.17, 15) is 0 Å². The average molecular weight is 443 g/mol. The van der Waals surface area contributed by atoms with Crippen LogP contribution in [0.2, 0.25) is 10.0 Å². The minimum absolute atomic E-state index is 0.250. The molecule has 4 nitrogen and oxygen atoms in total. The molecule has 0 N–H and O–H groups in total. The van der Waals surface area contributed by atoms with Crippen molar-refractivity contribution in [1.29, 1.82) is 0 Å². The fraction of sp³-hybridized carbons (Fsp3) is 0.417. The van der Waals surface area contributed by atoms with E-state index in [4.69, 9.17) is 33.3 Å². The number of benzene rings is 2. The lowest BCUT2D eigenvalue weighted by Gasteiger charge is -2.31. The fourth-order valence-electron chi connectivity index (χ4n) is 3.96. The number of aromatic nitrogens is 3. The van der Waals surface area contributed by atoms with Crippen LogP contribution in [0.15, 0.2) is 48.5 Å². The Hall–Kier alpha value is -2.04. The number of anilines is 1. The SMILES string of the molecule is CCC[C@@H](c1ccccc1)N(CCC)c1nc(C2CC2)n(-c2ccc(Cl)cc2Cl)n1. The van der Waals surface area contributed by atoms with Gasteiger partial charge in [-0.1, -0.05) is 73.8 Å². The first-order valence-corrected chi connectivity index (χ1v) is 11.6. The molecule has 2 aromatic carbocycles. The first-order valence-electron chi connectivity index (χ1n) is 10.9. The highest BCUT2D eigenvalue weighted by Crippen LogP contribution is 2.42. The average Bonchev–Trinajstić information content (AvgIpc) is 3.50. The molecule has 6 heteroatoms. The first kappa shape index (κ1) is 21.2. The summed E-state index contributed by atoms with van der Waals surface area (Å²) >= 11 is 12.7. The highest BCUT2D eigenvalue weighted by Gasteiger charge is 2.33. The van der Waals surface area contributed by atoms with E-state index in [0.29, 0.717) is 16.0 Å². The van der Waals surface area contributed by atoms with E-state index in [-0.39, 0.29) is 6.04 Å². The second-order valence-electron chi connectivity index (χ2n) is 7.96. The van der Waals surface area contributed by atoms with Crippen molar-refractivity contribution in [2.75, 3.05) is 11.4 Å². The van der Waals surface area contributed by atoms with Crippen LogP contribution in [0.25, 0.3) is 5.69 Å². The normalized spacial score (nSPS) is 14.7. The zero-order valence-corrected chi connectivity index (χ0v) is 19.1. The molecule has 0 spiro atoms. The molecule has 0 radical (unpaired) electrons. The van der Waals surface area contributed by atoms with Crippen molar-refractivity contribution in [2.24, 2.45) is 0 Å². The highest BCUT2D eigenvalue weighted by atomic mass is 35.5. The summed E-state index contributed by atoms with van der Waals surface area (Å²) in [7, 11) is 0. The van der Waals surface area contributed by atoms with Gasteiger partial charge in [-0.3, -0.25) is 0 Å². The summed E-state index contributed by atoms with van der Waals surface area (Å²) in [6, 6.07) is 16.5. The summed E-state index contributed by atoms with van der Waals surface area (Å²) < 4.78 is 1.93. The van der Waals surface area contributed by atoms with Gasteiger partial charge in [0.2, 0.25) is 5.95 Å². The Balaban J connectivity index is 1.78. The standard InChI is InChI=1S/C24H28Cl2N4/c1-3-8-21(17-9-6-5-7-10-17)29(15-4-2)24-27-23(18-11-12-18)30(28-24)22-14-13-19(25)16-20(22)26/h5-7,9-10,13-14,16,18,21H,3-4,8,11-12,15H2,1-2H3/t21-/m0/s1. The Kier molecular flexibility index (Phi) is 6.64. The minimum atomic E-state index is 0.250. The molecule has 3 aromatic rings. The monoisotopic (exact) mass is 442 g/mol. The number of rotatable bonds is 9. The molecule has 1 aromatic heterocycles. The molecule has 0 bridgehead atoms. The van der Waals surface area contributed by atoms with Gasteiger partial charge in [-0.15, -0.1) is 5.10 Å². The molecule has 1 heterocycles. The third-order valence-corrected chi connectivity index (χ3v) is 6.08. The maximum Gasteiger partial charge on any atom is 0.245 e. The van der Waals surface area contributed by atoms with Crippen molar-refractivity contribution in [1.82, 2.24) is 14.8 Å². The zero-order valence-electron chi connectivity index (χ0n) is 17.6. The number of nitrogens with zero attached hydrogens (tertiary/aromatic N) is 4. The van der Waals surface area contributed by atoms with Gasteiger partial charge in [0.05, 0.1) is 16.8 Å². The topological polar surface area (TPSA) is 34.0 Å². The Morgan fingerprint density at radius 3 is 2.47 bits per heavy atom. The Morgan fingerprint density at radius 1 is 1.07 bits per heavy atom. The van der Waals surface area contributed by atoms with Crippen molar-refractivity contribution in [3.05, 3.63) is 70.0 Å². The van der Waals surface area contributed by atoms with Crippen molar-refractivity contribution < 1.29 is 0 Å². The van der Waals surface area contributed by atoms with Gasteiger partial charge >= 0.3 is 0 Å². The van der Waals surface area contributed by atoms with Crippen molar-refractivity contribution in [3.8, 4) is 5.69 Å². The lowest BCUT2D eigenvalue weighted by atomic mass is 10.0. The number of hydrogen-bond donors (Lipinski definition) is 0. The van der Waals surface area contributed by atoms with E-state index in [0.717, 1.165) is 56.1 Å². The van der Waals surface area contributed by atoms with Crippen LogP contribution < -0.4 is 4.90 Å². The molecular formula is C24H28Cl2N4. The predicted molar refractivity (Wildman–Crippen MR) is 125 cm³/mol. The van der Waals surface area contributed by atoms with Crippen LogP contribution in [0, 0.1) is 0 Å². The van der Waals surface area contributed by atoms with Crippen LogP contribution in [0.5, 0.6) is 0 Å². The Morgan fingerprint density at radius 2 is 1.83 bits per heavy atom. The molecule has 0 saturated heterocycles. The zero-order chi connectivity index (χ0) is 21.1. The van der Waals surface area contributed by atoms with Crippen molar-refractivity contribution >= 4 is 29.2 Å². The summed E-state index contributed by atoms with van der Waals surface area (Å²) in [4.78, 5) is 7.41. The van der Waals surface area contributed by atoms with E-state index in [2.05, 4.69) is 49.1 Å². The molecule has 30 heavy (non-hydrogen) atoms. The van der Waals surface area contributed by atoms with E-state index in [1.165, 1.54) is 5.56 Å². The Bertz CT molecular complexity index is 982. The van der Waals surface area contributed by atoms with Crippen molar-refractivity contribution in [3.63, 3.8) is 0 Å². The molecule has 158 valence electrons. The van der Waals surface area contributed by atoms with Gasteiger partial charge in [-0.2, -0.15) is 4.98 Å². The predicted octanol–water partition coefficient (Wildman–Crippen LogP) is 7.21. The summed E-state index contributed by atoms with van der Waals surface area (Å²) in [6.07, 6.45) is 5.47. The molecule has 1 atom stereocenters.